The van der Waals surface area contributed by atoms with Crippen molar-refractivity contribution in [2.75, 3.05) is 12.4 Å². The lowest BCUT2D eigenvalue weighted by atomic mass is 10.3. The monoisotopic (exact) mass is 263 g/mol. The number of rotatable bonds is 6. The van der Waals surface area contributed by atoms with Gasteiger partial charge < -0.3 is 15.3 Å². The maximum atomic E-state index is 10.5. The number of carboxylic acid groups (broad SMARTS) is 1. The van der Waals surface area contributed by atoms with Gasteiger partial charge in [0.15, 0.2) is 0 Å². The van der Waals surface area contributed by atoms with Gasteiger partial charge in [-0.2, -0.15) is 0 Å². The molecule has 1 aromatic rings. The Labute approximate surface area is 101 Å². The minimum absolute atomic E-state index is 0.0212. The molecule has 1 rings (SSSR count). The summed E-state index contributed by atoms with van der Waals surface area (Å²) >= 11 is 2.64. The predicted octanol–water partition coefficient (Wildman–Crippen LogP) is 0.524. The Kier molecular flexibility index (Phi) is 5.20. The summed E-state index contributed by atoms with van der Waals surface area (Å²) in [6.07, 6.45) is -0.788. The molecule has 0 bridgehead atoms. The van der Waals surface area contributed by atoms with Gasteiger partial charge in [-0.15, -0.1) is 11.3 Å². The molecule has 1 heterocycles. The zero-order valence-corrected chi connectivity index (χ0v) is 10.3. The summed E-state index contributed by atoms with van der Waals surface area (Å²) in [6, 6.07) is 0. The molecule has 1 aromatic heterocycles. The molecule has 0 aliphatic rings. The molecule has 0 saturated heterocycles. The SMILES string of the molecule is Cc1nc(SCC(O)CO)sc1CC(=O)O. The Morgan fingerprint density at radius 3 is 2.88 bits per heavy atom. The fourth-order valence-electron chi connectivity index (χ4n) is 0.985. The van der Waals surface area contributed by atoms with Crippen LogP contribution in [-0.4, -0.2) is 44.7 Å². The van der Waals surface area contributed by atoms with Gasteiger partial charge in [0.25, 0.3) is 0 Å². The molecule has 90 valence electrons. The first-order valence-corrected chi connectivity index (χ1v) is 6.43. The Balaban J connectivity index is 2.58. The van der Waals surface area contributed by atoms with E-state index in [1.807, 2.05) is 0 Å². The summed E-state index contributed by atoms with van der Waals surface area (Å²) in [5.41, 5.74) is 0.716. The minimum Gasteiger partial charge on any atom is -0.481 e. The number of hydrogen-bond acceptors (Lipinski definition) is 6. The van der Waals surface area contributed by atoms with Gasteiger partial charge in [-0.1, -0.05) is 11.8 Å². The number of carboxylic acids is 1. The van der Waals surface area contributed by atoms with Crippen molar-refractivity contribution in [1.29, 1.82) is 0 Å². The second-order valence-electron chi connectivity index (χ2n) is 3.21. The third-order valence-electron chi connectivity index (χ3n) is 1.79. The molecule has 0 saturated carbocycles. The zero-order valence-electron chi connectivity index (χ0n) is 8.71. The molecule has 7 heteroatoms. The number of carbonyl (C=O) groups is 1. The molecule has 1 atom stereocenters. The van der Waals surface area contributed by atoms with Crippen molar-refractivity contribution in [3.05, 3.63) is 10.6 Å². The smallest absolute Gasteiger partial charge is 0.308 e. The third kappa shape index (κ3) is 4.09. The van der Waals surface area contributed by atoms with E-state index in [1.165, 1.54) is 23.1 Å². The molecule has 0 fully saturated rings. The third-order valence-corrected chi connectivity index (χ3v) is 4.24. The summed E-state index contributed by atoms with van der Waals surface area (Å²) in [4.78, 5) is 15.5. The maximum Gasteiger partial charge on any atom is 0.308 e. The van der Waals surface area contributed by atoms with Gasteiger partial charge in [-0.05, 0) is 6.92 Å². The van der Waals surface area contributed by atoms with E-state index in [1.54, 1.807) is 6.92 Å². The first kappa shape index (κ1) is 13.4. The molecular formula is C9H13NO4S2. The van der Waals surface area contributed by atoms with Crippen LogP contribution in [0, 0.1) is 6.92 Å². The number of aryl methyl sites for hydroxylation is 1. The van der Waals surface area contributed by atoms with Crippen LogP contribution in [0.2, 0.25) is 0 Å². The molecule has 3 N–H and O–H groups in total. The van der Waals surface area contributed by atoms with E-state index < -0.39 is 12.1 Å². The van der Waals surface area contributed by atoms with Gasteiger partial charge in [0.1, 0.15) is 4.34 Å². The van der Waals surface area contributed by atoms with E-state index in [4.69, 9.17) is 15.3 Å². The predicted molar refractivity (Wildman–Crippen MR) is 62.0 cm³/mol. The Bertz CT molecular complexity index is 366. The number of aromatic nitrogens is 1. The number of aliphatic hydroxyl groups excluding tert-OH is 2. The molecule has 0 aromatic carbocycles. The van der Waals surface area contributed by atoms with Crippen LogP contribution in [0.15, 0.2) is 4.34 Å². The Morgan fingerprint density at radius 2 is 2.31 bits per heavy atom. The number of aliphatic hydroxyl groups is 2. The van der Waals surface area contributed by atoms with Crippen LogP contribution in [0.5, 0.6) is 0 Å². The molecule has 0 amide bonds. The normalized spacial score (nSPS) is 12.7. The summed E-state index contributed by atoms with van der Waals surface area (Å²) in [5.74, 6) is -0.519. The minimum atomic E-state index is -0.876. The number of thiazole rings is 1. The zero-order chi connectivity index (χ0) is 12.1. The largest absolute Gasteiger partial charge is 0.481 e. The Morgan fingerprint density at radius 1 is 1.62 bits per heavy atom. The van der Waals surface area contributed by atoms with Gasteiger partial charge in [-0.3, -0.25) is 4.79 Å². The molecule has 0 spiro atoms. The van der Waals surface area contributed by atoms with Crippen LogP contribution in [-0.2, 0) is 11.2 Å². The average Bonchev–Trinajstić information content (AvgIpc) is 2.55. The highest BCUT2D eigenvalue weighted by Gasteiger charge is 2.12. The van der Waals surface area contributed by atoms with Crippen molar-refractivity contribution in [3.63, 3.8) is 0 Å². The second kappa shape index (κ2) is 6.19. The van der Waals surface area contributed by atoms with Crippen molar-refractivity contribution in [1.82, 2.24) is 4.98 Å². The van der Waals surface area contributed by atoms with Gasteiger partial charge >= 0.3 is 5.97 Å². The molecule has 0 aliphatic carbocycles. The van der Waals surface area contributed by atoms with Crippen LogP contribution in [0.3, 0.4) is 0 Å². The fourth-order valence-corrected chi connectivity index (χ4v) is 3.15. The van der Waals surface area contributed by atoms with E-state index in [9.17, 15) is 4.79 Å². The highest BCUT2D eigenvalue weighted by molar-refractivity contribution is 8.01. The lowest BCUT2D eigenvalue weighted by Crippen LogP contribution is -2.14. The van der Waals surface area contributed by atoms with Crippen LogP contribution in [0.4, 0.5) is 0 Å². The average molecular weight is 263 g/mol. The molecule has 5 nitrogen and oxygen atoms in total. The Hall–Kier alpha value is -0.630. The first-order valence-electron chi connectivity index (χ1n) is 4.62. The van der Waals surface area contributed by atoms with Crippen molar-refractivity contribution in [3.8, 4) is 0 Å². The summed E-state index contributed by atoms with van der Waals surface area (Å²) < 4.78 is 0.723. The van der Waals surface area contributed by atoms with Crippen molar-refractivity contribution in [2.45, 2.75) is 23.8 Å². The van der Waals surface area contributed by atoms with E-state index in [0.29, 0.717) is 11.4 Å². The highest BCUT2D eigenvalue weighted by Crippen LogP contribution is 2.27. The number of hydrogen-bond donors (Lipinski definition) is 3. The number of thioether (sulfide) groups is 1. The summed E-state index contributed by atoms with van der Waals surface area (Å²) in [5, 5.41) is 26.4. The van der Waals surface area contributed by atoms with Crippen molar-refractivity contribution >= 4 is 29.1 Å². The van der Waals surface area contributed by atoms with Gasteiger partial charge in [0, 0.05) is 10.6 Å². The van der Waals surface area contributed by atoms with E-state index >= 15 is 0 Å². The van der Waals surface area contributed by atoms with Crippen molar-refractivity contribution in [2.24, 2.45) is 0 Å². The van der Waals surface area contributed by atoms with Crippen LogP contribution >= 0.6 is 23.1 Å². The van der Waals surface area contributed by atoms with Gasteiger partial charge in [0.2, 0.25) is 0 Å². The molecule has 0 radical (unpaired) electrons. The molecule has 0 aliphatic heterocycles. The van der Waals surface area contributed by atoms with E-state index in [0.717, 1.165) is 9.22 Å². The van der Waals surface area contributed by atoms with Gasteiger partial charge in [0.05, 0.1) is 24.8 Å². The molecular weight excluding hydrogens is 250 g/mol. The van der Waals surface area contributed by atoms with Crippen LogP contribution in [0.1, 0.15) is 10.6 Å². The molecule has 1 unspecified atom stereocenters. The summed E-state index contributed by atoms with van der Waals surface area (Å²) in [6.45, 7) is 1.49. The lowest BCUT2D eigenvalue weighted by molar-refractivity contribution is -0.136. The van der Waals surface area contributed by atoms with Crippen LogP contribution in [0.25, 0.3) is 0 Å². The van der Waals surface area contributed by atoms with E-state index in [-0.39, 0.29) is 13.0 Å². The van der Waals surface area contributed by atoms with Gasteiger partial charge in [-0.25, -0.2) is 4.98 Å². The summed E-state index contributed by atoms with van der Waals surface area (Å²) in [7, 11) is 0. The highest BCUT2D eigenvalue weighted by atomic mass is 32.2. The standard InChI is InChI=1S/C9H13NO4S2/c1-5-7(2-8(13)14)16-9(10-5)15-4-6(12)3-11/h6,11-12H,2-4H2,1H3,(H,13,14). The number of nitrogens with zero attached hydrogens (tertiary/aromatic N) is 1. The lowest BCUT2D eigenvalue weighted by Gasteiger charge is -2.03. The second-order valence-corrected chi connectivity index (χ2v) is 5.56. The quantitative estimate of drug-likeness (QED) is 0.648. The van der Waals surface area contributed by atoms with E-state index in [2.05, 4.69) is 4.98 Å². The molecule has 16 heavy (non-hydrogen) atoms. The maximum absolute atomic E-state index is 10.5. The first-order chi connectivity index (χ1) is 7.52. The van der Waals surface area contributed by atoms with Crippen LogP contribution < -0.4 is 0 Å². The topological polar surface area (TPSA) is 90.7 Å². The van der Waals surface area contributed by atoms with Crippen molar-refractivity contribution < 1.29 is 20.1 Å². The number of aliphatic carboxylic acids is 1. The fraction of sp³-hybridized carbons (Fsp3) is 0.556.